The molecule has 25 heavy (non-hydrogen) atoms. The van der Waals surface area contributed by atoms with Gasteiger partial charge >= 0.3 is 5.97 Å². The summed E-state index contributed by atoms with van der Waals surface area (Å²) in [6.07, 6.45) is 1.43. The van der Waals surface area contributed by atoms with E-state index in [0.717, 1.165) is 0 Å². The van der Waals surface area contributed by atoms with Crippen LogP contribution < -0.4 is 5.32 Å². The number of anilines is 1. The van der Waals surface area contributed by atoms with Crippen LogP contribution in [0.5, 0.6) is 0 Å². The highest BCUT2D eigenvalue weighted by Gasteiger charge is 2.22. The minimum atomic E-state index is -0.688. The van der Waals surface area contributed by atoms with Crippen molar-refractivity contribution in [2.75, 3.05) is 5.32 Å². The average molecular weight is 343 g/mol. The van der Waals surface area contributed by atoms with E-state index in [1.54, 1.807) is 26.8 Å². The van der Waals surface area contributed by atoms with Crippen LogP contribution in [0.1, 0.15) is 41.5 Å². The van der Waals surface area contributed by atoms with Gasteiger partial charge in [-0.2, -0.15) is 0 Å². The van der Waals surface area contributed by atoms with Gasteiger partial charge in [0, 0.05) is 23.9 Å². The summed E-state index contributed by atoms with van der Waals surface area (Å²) in [5.74, 6) is -1.10. The molecule has 8 nitrogen and oxygen atoms in total. The van der Waals surface area contributed by atoms with Gasteiger partial charge in [0.25, 0.3) is 11.6 Å². The number of nitrogens with zero attached hydrogens (tertiary/aromatic N) is 2. The molecule has 0 spiro atoms. The van der Waals surface area contributed by atoms with Crippen LogP contribution in [0.3, 0.4) is 0 Å². The quantitative estimate of drug-likeness (QED) is 0.518. The molecule has 0 aliphatic carbocycles. The largest absolute Gasteiger partial charge is 0.456 e. The Kier molecular flexibility index (Phi) is 5.11. The maximum absolute atomic E-state index is 12.3. The summed E-state index contributed by atoms with van der Waals surface area (Å²) in [5, 5.41) is 13.2. The van der Waals surface area contributed by atoms with Gasteiger partial charge in [0.1, 0.15) is 17.0 Å². The topological polar surface area (TPSA) is 111 Å². The minimum absolute atomic E-state index is 0.0557. The molecule has 1 aromatic heterocycles. The number of ether oxygens (including phenoxy) is 1. The van der Waals surface area contributed by atoms with Gasteiger partial charge in [0.2, 0.25) is 0 Å². The zero-order valence-corrected chi connectivity index (χ0v) is 14.0. The van der Waals surface area contributed by atoms with Crippen LogP contribution in [-0.2, 0) is 4.74 Å². The third-order valence-electron chi connectivity index (χ3n) is 3.00. The zero-order valence-electron chi connectivity index (χ0n) is 14.0. The van der Waals surface area contributed by atoms with Crippen LogP contribution in [0, 0.1) is 10.1 Å². The molecule has 1 aromatic carbocycles. The Morgan fingerprint density at radius 3 is 2.36 bits per heavy atom. The van der Waals surface area contributed by atoms with Crippen LogP contribution in [0.4, 0.5) is 11.5 Å². The molecule has 8 heteroatoms. The Morgan fingerprint density at radius 2 is 1.80 bits per heavy atom. The van der Waals surface area contributed by atoms with Crippen molar-refractivity contribution < 1.29 is 19.2 Å². The van der Waals surface area contributed by atoms with Crippen molar-refractivity contribution in [1.82, 2.24) is 4.98 Å². The van der Waals surface area contributed by atoms with Gasteiger partial charge in [0.15, 0.2) is 0 Å². The van der Waals surface area contributed by atoms with Crippen LogP contribution in [-0.4, -0.2) is 27.4 Å². The number of carbonyl (C=O) groups excluding carboxylic acids is 2. The number of nitro groups is 1. The van der Waals surface area contributed by atoms with E-state index in [-0.39, 0.29) is 22.6 Å². The van der Waals surface area contributed by atoms with Gasteiger partial charge in [-0.25, -0.2) is 9.78 Å². The summed E-state index contributed by atoms with van der Waals surface area (Å²) in [7, 11) is 0. The Labute approximate surface area is 144 Å². The molecule has 0 aliphatic rings. The summed E-state index contributed by atoms with van der Waals surface area (Å²) in [6.45, 7) is 5.20. The van der Waals surface area contributed by atoms with Crippen molar-refractivity contribution in [3.63, 3.8) is 0 Å². The molecule has 0 saturated carbocycles. The summed E-state index contributed by atoms with van der Waals surface area (Å²) in [5.41, 5.74) is -0.491. The fourth-order valence-electron chi connectivity index (χ4n) is 1.92. The van der Waals surface area contributed by atoms with E-state index in [9.17, 15) is 19.7 Å². The lowest BCUT2D eigenvalue weighted by molar-refractivity contribution is -0.384. The Bertz CT molecular complexity index is 810. The highest BCUT2D eigenvalue weighted by Crippen LogP contribution is 2.19. The number of hydrogen-bond acceptors (Lipinski definition) is 6. The number of nitrogens with one attached hydrogen (secondary N) is 1. The lowest BCUT2D eigenvalue weighted by atomic mass is 10.1. The van der Waals surface area contributed by atoms with Crippen molar-refractivity contribution >= 4 is 23.4 Å². The van der Waals surface area contributed by atoms with E-state index in [1.807, 2.05) is 0 Å². The number of non-ortho nitro benzene ring substituents is 1. The lowest BCUT2D eigenvalue weighted by Gasteiger charge is -2.20. The molecular formula is C17H17N3O5. The number of benzene rings is 1. The molecule has 0 unspecified atom stereocenters. The second-order valence-electron chi connectivity index (χ2n) is 6.16. The predicted octanol–water partition coefficient (Wildman–Crippen LogP) is 3.20. The van der Waals surface area contributed by atoms with Crippen molar-refractivity contribution in [2.45, 2.75) is 26.4 Å². The van der Waals surface area contributed by atoms with Crippen LogP contribution in [0.25, 0.3) is 0 Å². The number of pyridine rings is 1. The van der Waals surface area contributed by atoms with Gasteiger partial charge in [-0.15, -0.1) is 0 Å². The predicted molar refractivity (Wildman–Crippen MR) is 90.5 cm³/mol. The van der Waals surface area contributed by atoms with Crippen LogP contribution >= 0.6 is 0 Å². The summed E-state index contributed by atoms with van der Waals surface area (Å²) >= 11 is 0. The molecule has 1 heterocycles. The average Bonchev–Trinajstić information content (AvgIpc) is 2.53. The second-order valence-corrected chi connectivity index (χ2v) is 6.16. The zero-order chi connectivity index (χ0) is 18.6. The molecule has 0 fully saturated rings. The standard InChI is InChI=1S/C17H17N3O5/c1-17(2,3)25-16(22)13-5-4-10-18-14(13)19-15(21)11-6-8-12(9-7-11)20(23)24/h4-10H,1-3H3,(H,18,19,21). The molecule has 0 atom stereocenters. The van der Waals surface area contributed by atoms with Crippen molar-refractivity contribution in [1.29, 1.82) is 0 Å². The van der Waals surface area contributed by atoms with Crippen molar-refractivity contribution in [2.24, 2.45) is 0 Å². The van der Waals surface area contributed by atoms with Crippen LogP contribution in [0.2, 0.25) is 0 Å². The van der Waals surface area contributed by atoms with Gasteiger partial charge in [-0.3, -0.25) is 14.9 Å². The second kappa shape index (κ2) is 7.08. The first-order valence-electron chi connectivity index (χ1n) is 7.41. The third kappa shape index (κ3) is 4.84. The molecule has 0 bridgehead atoms. The first-order valence-corrected chi connectivity index (χ1v) is 7.41. The maximum atomic E-state index is 12.3. The molecule has 1 amide bonds. The monoisotopic (exact) mass is 343 g/mol. The Morgan fingerprint density at radius 1 is 1.16 bits per heavy atom. The van der Waals surface area contributed by atoms with E-state index >= 15 is 0 Å². The molecule has 130 valence electrons. The van der Waals surface area contributed by atoms with Crippen molar-refractivity contribution in [3.05, 3.63) is 63.8 Å². The van der Waals surface area contributed by atoms with Gasteiger partial charge < -0.3 is 10.1 Å². The van der Waals surface area contributed by atoms with E-state index in [2.05, 4.69) is 10.3 Å². The Hall–Kier alpha value is -3.29. The first-order chi connectivity index (χ1) is 11.7. The Balaban J connectivity index is 2.21. The maximum Gasteiger partial charge on any atom is 0.342 e. The van der Waals surface area contributed by atoms with Crippen molar-refractivity contribution in [3.8, 4) is 0 Å². The third-order valence-corrected chi connectivity index (χ3v) is 3.00. The number of aromatic nitrogens is 1. The molecule has 1 N–H and O–H groups in total. The number of rotatable bonds is 4. The SMILES string of the molecule is CC(C)(C)OC(=O)c1cccnc1NC(=O)c1ccc([N+](=O)[O-])cc1. The van der Waals surface area contributed by atoms with Crippen LogP contribution in [0.15, 0.2) is 42.6 Å². The first kappa shape index (κ1) is 18.1. The van der Waals surface area contributed by atoms with E-state index < -0.39 is 22.4 Å². The summed E-state index contributed by atoms with van der Waals surface area (Å²) in [4.78, 5) is 38.6. The molecule has 2 rings (SSSR count). The lowest BCUT2D eigenvalue weighted by Crippen LogP contribution is -2.25. The number of nitro benzene ring substituents is 1. The molecule has 0 aliphatic heterocycles. The summed E-state index contributed by atoms with van der Waals surface area (Å²) in [6, 6.07) is 8.14. The van der Waals surface area contributed by atoms with Gasteiger partial charge in [-0.05, 0) is 45.0 Å². The van der Waals surface area contributed by atoms with E-state index in [0.29, 0.717) is 0 Å². The smallest absolute Gasteiger partial charge is 0.342 e. The molecule has 2 aromatic rings. The molecular weight excluding hydrogens is 326 g/mol. The van der Waals surface area contributed by atoms with E-state index in [1.165, 1.54) is 36.5 Å². The van der Waals surface area contributed by atoms with Gasteiger partial charge in [-0.1, -0.05) is 0 Å². The molecule has 0 radical (unpaired) electrons. The fourth-order valence-corrected chi connectivity index (χ4v) is 1.92. The van der Waals surface area contributed by atoms with E-state index in [4.69, 9.17) is 4.74 Å². The number of hydrogen-bond donors (Lipinski definition) is 1. The van der Waals surface area contributed by atoms with Gasteiger partial charge in [0.05, 0.1) is 4.92 Å². The minimum Gasteiger partial charge on any atom is -0.456 e. The number of esters is 1. The highest BCUT2D eigenvalue weighted by atomic mass is 16.6. The normalized spacial score (nSPS) is 10.8. The molecule has 0 saturated heterocycles. The fraction of sp³-hybridized carbons (Fsp3) is 0.235. The number of amides is 1. The summed E-state index contributed by atoms with van der Waals surface area (Å²) < 4.78 is 5.29. The highest BCUT2D eigenvalue weighted by molar-refractivity contribution is 6.07. The number of carbonyl (C=O) groups is 2.